The molecule has 0 bridgehead atoms. The quantitative estimate of drug-likeness (QED) is 0.293. The fraction of sp³-hybridized carbons (Fsp3) is 0.160. The fourth-order valence-electron chi connectivity index (χ4n) is 3.37. The second-order valence-electron chi connectivity index (χ2n) is 7.94. The van der Waals surface area contributed by atoms with E-state index >= 15 is 0 Å². The molecular formula is C25H22ClN3O3S. The van der Waals surface area contributed by atoms with Gasteiger partial charge in [0.25, 0.3) is 5.91 Å². The number of halogens is 1. The molecule has 33 heavy (non-hydrogen) atoms. The van der Waals surface area contributed by atoms with Crippen molar-refractivity contribution in [3.8, 4) is 11.1 Å². The lowest BCUT2D eigenvalue weighted by Crippen LogP contribution is -2.44. The summed E-state index contributed by atoms with van der Waals surface area (Å²) >= 11 is 7.59. The molecule has 0 radical (unpaired) electrons. The zero-order valence-electron chi connectivity index (χ0n) is 18.0. The minimum absolute atomic E-state index is 0.210. The van der Waals surface area contributed by atoms with E-state index in [1.807, 2.05) is 54.6 Å². The first-order valence-electron chi connectivity index (χ1n) is 10.4. The Labute approximate surface area is 200 Å². The van der Waals surface area contributed by atoms with Gasteiger partial charge in [0.2, 0.25) is 0 Å². The third kappa shape index (κ3) is 5.32. The van der Waals surface area contributed by atoms with Gasteiger partial charge in [-0.3, -0.25) is 4.79 Å². The highest BCUT2D eigenvalue weighted by Gasteiger charge is 2.23. The Hall–Kier alpha value is -3.42. The molecule has 1 heterocycles. The molecule has 0 saturated heterocycles. The lowest BCUT2D eigenvalue weighted by Gasteiger charge is -2.18. The maximum Gasteiger partial charge on any atom is 0.326 e. The molecule has 0 fully saturated rings. The highest BCUT2D eigenvalue weighted by Crippen LogP contribution is 2.31. The number of anilines is 2. The van der Waals surface area contributed by atoms with E-state index < -0.39 is 17.9 Å². The molecule has 1 amide bonds. The number of amides is 1. The lowest BCUT2D eigenvalue weighted by atomic mass is 10.0. The number of aliphatic carboxylic acids is 1. The summed E-state index contributed by atoms with van der Waals surface area (Å²) in [6.07, 6.45) is 0. The zero-order valence-corrected chi connectivity index (χ0v) is 19.6. The third-order valence-electron chi connectivity index (χ3n) is 5.19. The van der Waals surface area contributed by atoms with Gasteiger partial charge < -0.3 is 15.7 Å². The Morgan fingerprint density at radius 2 is 1.61 bits per heavy atom. The van der Waals surface area contributed by atoms with Crippen LogP contribution in [0.2, 0.25) is 5.02 Å². The van der Waals surface area contributed by atoms with Crippen LogP contribution in [-0.4, -0.2) is 28.0 Å². The van der Waals surface area contributed by atoms with Crippen molar-refractivity contribution in [1.82, 2.24) is 10.3 Å². The van der Waals surface area contributed by atoms with Gasteiger partial charge in [0.15, 0.2) is 5.13 Å². The molecule has 4 rings (SSSR count). The summed E-state index contributed by atoms with van der Waals surface area (Å²) in [7, 11) is 0. The molecule has 0 saturated carbocycles. The molecule has 0 aliphatic rings. The molecular weight excluding hydrogens is 458 g/mol. The number of thiazole rings is 1. The number of carbonyl (C=O) groups is 2. The van der Waals surface area contributed by atoms with Crippen LogP contribution >= 0.6 is 22.9 Å². The van der Waals surface area contributed by atoms with Gasteiger partial charge in [-0.05, 0) is 59.5 Å². The topological polar surface area (TPSA) is 91.3 Å². The second kappa shape index (κ2) is 9.60. The summed E-state index contributed by atoms with van der Waals surface area (Å²) in [4.78, 5) is 28.3. The predicted molar refractivity (Wildman–Crippen MR) is 134 cm³/mol. The normalized spacial score (nSPS) is 12.0. The van der Waals surface area contributed by atoms with Crippen molar-refractivity contribution < 1.29 is 14.7 Å². The third-order valence-corrected chi connectivity index (χ3v) is 6.36. The minimum atomic E-state index is -1.04. The number of hydrogen-bond acceptors (Lipinski definition) is 5. The van der Waals surface area contributed by atoms with E-state index in [9.17, 15) is 14.7 Å². The molecule has 0 aliphatic carbocycles. The van der Waals surface area contributed by atoms with E-state index in [4.69, 9.17) is 11.6 Å². The van der Waals surface area contributed by atoms with Gasteiger partial charge >= 0.3 is 5.97 Å². The SMILES string of the molecule is CC(C)[C@H](NC(=O)c1ccc(-c2ccc(Nc3nc4ccc(Cl)cc4s3)cc2)cc1)C(=O)O. The summed E-state index contributed by atoms with van der Waals surface area (Å²) in [5.41, 5.74) is 4.17. The van der Waals surface area contributed by atoms with Gasteiger partial charge in [0.1, 0.15) is 6.04 Å². The summed E-state index contributed by atoms with van der Waals surface area (Å²) < 4.78 is 1.02. The van der Waals surface area contributed by atoms with E-state index in [0.717, 1.165) is 32.2 Å². The van der Waals surface area contributed by atoms with E-state index in [1.54, 1.807) is 26.0 Å². The average molecular weight is 480 g/mol. The molecule has 6 nitrogen and oxygen atoms in total. The van der Waals surface area contributed by atoms with Crippen LogP contribution in [0, 0.1) is 5.92 Å². The number of aromatic nitrogens is 1. The molecule has 3 aromatic carbocycles. The summed E-state index contributed by atoms with van der Waals surface area (Å²) in [6, 6.07) is 19.7. The number of carboxylic acid groups (broad SMARTS) is 1. The molecule has 3 N–H and O–H groups in total. The number of fused-ring (bicyclic) bond motifs is 1. The van der Waals surface area contributed by atoms with Crippen LogP contribution in [0.1, 0.15) is 24.2 Å². The maximum atomic E-state index is 12.4. The Balaban J connectivity index is 1.44. The maximum absolute atomic E-state index is 12.4. The molecule has 1 atom stereocenters. The fourth-order valence-corrected chi connectivity index (χ4v) is 4.54. The van der Waals surface area contributed by atoms with Gasteiger partial charge in [-0.1, -0.05) is 61.1 Å². The number of carboxylic acids is 1. The first-order valence-corrected chi connectivity index (χ1v) is 11.6. The zero-order chi connectivity index (χ0) is 23.5. The monoisotopic (exact) mass is 479 g/mol. The summed E-state index contributed by atoms with van der Waals surface area (Å²) in [5, 5.41) is 16.6. The molecule has 4 aromatic rings. The number of rotatable bonds is 7. The summed E-state index contributed by atoms with van der Waals surface area (Å²) in [5.74, 6) is -1.66. The molecule has 0 spiro atoms. The van der Waals surface area contributed by atoms with Crippen molar-refractivity contribution in [2.45, 2.75) is 19.9 Å². The minimum Gasteiger partial charge on any atom is -0.480 e. The van der Waals surface area contributed by atoms with Crippen LogP contribution in [0.25, 0.3) is 21.3 Å². The first-order chi connectivity index (χ1) is 15.8. The smallest absolute Gasteiger partial charge is 0.326 e. The van der Waals surface area contributed by atoms with E-state index in [1.165, 1.54) is 11.3 Å². The van der Waals surface area contributed by atoms with Crippen molar-refractivity contribution in [2.75, 3.05) is 5.32 Å². The van der Waals surface area contributed by atoms with Crippen molar-refractivity contribution in [3.05, 3.63) is 77.3 Å². The highest BCUT2D eigenvalue weighted by molar-refractivity contribution is 7.22. The molecule has 0 unspecified atom stereocenters. The molecule has 8 heteroatoms. The number of nitrogens with zero attached hydrogens (tertiary/aromatic N) is 1. The first kappa shape index (κ1) is 22.8. The standard InChI is InChI=1S/C25H22ClN3O3S/c1-14(2)22(24(31)32)29-23(30)17-5-3-15(4-6-17)16-7-10-19(11-8-16)27-25-28-20-12-9-18(26)13-21(20)33-25/h3-14,22H,1-2H3,(H,27,28)(H,29,30)(H,31,32)/t22-/m0/s1. The molecule has 168 valence electrons. The van der Waals surface area contributed by atoms with Crippen molar-refractivity contribution in [1.29, 1.82) is 0 Å². The highest BCUT2D eigenvalue weighted by atomic mass is 35.5. The summed E-state index contributed by atoms with van der Waals surface area (Å²) in [6.45, 7) is 3.51. The van der Waals surface area contributed by atoms with Crippen LogP contribution in [0.4, 0.5) is 10.8 Å². The van der Waals surface area contributed by atoms with Crippen LogP contribution in [-0.2, 0) is 4.79 Å². The number of benzene rings is 3. The van der Waals surface area contributed by atoms with E-state index in [0.29, 0.717) is 10.6 Å². The van der Waals surface area contributed by atoms with E-state index in [2.05, 4.69) is 15.6 Å². The van der Waals surface area contributed by atoms with Gasteiger partial charge in [-0.25, -0.2) is 9.78 Å². The van der Waals surface area contributed by atoms with Crippen molar-refractivity contribution >= 4 is 55.8 Å². The Kier molecular flexibility index (Phi) is 6.62. The Morgan fingerprint density at radius 3 is 2.21 bits per heavy atom. The average Bonchev–Trinajstić information content (AvgIpc) is 3.18. The van der Waals surface area contributed by atoms with Gasteiger partial charge in [0.05, 0.1) is 10.2 Å². The Bertz CT molecular complexity index is 1300. The van der Waals surface area contributed by atoms with Gasteiger partial charge in [0, 0.05) is 16.3 Å². The Morgan fingerprint density at radius 1 is 0.970 bits per heavy atom. The van der Waals surface area contributed by atoms with Crippen molar-refractivity contribution in [2.24, 2.45) is 5.92 Å². The van der Waals surface area contributed by atoms with Crippen LogP contribution in [0.3, 0.4) is 0 Å². The van der Waals surface area contributed by atoms with Crippen LogP contribution in [0.15, 0.2) is 66.7 Å². The van der Waals surface area contributed by atoms with E-state index in [-0.39, 0.29) is 5.92 Å². The number of nitrogens with one attached hydrogen (secondary N) is 2. The second-order valence-corrected chi connectivity index (χ2v) is 9.41. The van der Waals surface area contributed by atoms with Crippen LogP contribution in [0.5, 0.6) is 0 Å². The van der Waals surface area contributed by atoms with Gasteiger partial charge in [-0.2, -0.15) is 0 Å². The van der Waals surface area contributed by atoms with Gasteiger partial charge in [-0.15, -0.1) is 0 Å². The lowest BCUT2D eigenvalue weighted by molar-refractivity contribution is -0.140. The molecule has 0 aliphatic heterocycles. The number of hydrogen-bond donors (Lipinski definition) is 3. The van der Waals surface area contributed by atoms with Crippen molar-refractivity contribution in [3.63, 3.8) is 0 Å². The van der Waals surface area contributed by atoms with Crippen LogP contribution < -0.4 is 10.6 Å². The number of carbonyl (C=O) groups excluding carboxylic acids is 1. The predicted octanol–water partition coefficient (Wildman–Crippen LogP) is 6.20. The molecule has 1 aromatic heterocycles. The largest absolute Gasteiger partial charge is 0.480 e.